The molecule has 0 aromatic heterocycles. The minimum Gasteiger partial charge on any atom is -0.423 e. The molecule has 0 bridgehead atoms. The topological polar surface area (TPSA) is 72.0 Å². The highest BCUT2D eigenvalue weighted by atomic mass is 16.4. The van der Waals surface area contributed by atoms with Crippen LogP contribution in [0.5, 0.6) is 0 Å². The molecule has 0 aliphatic rings. The van der Waals surface area contributed by atoms with E-state index in [-0.39, 0.29) is 5.48 Å². The van der Waals surface area contributed by atoms with Crippen molar-refractivity contribution in [3.63, 3.8) is 0 Å². The number of rotatable bonds is 1. The first-order valence-corrected chi connectivity index (χ1v) is 3.13. The molecule has 0 heterocycles. The summed E-state index contributed by atoms with van der Waals surface area (Å²) in [7, 11) is -1.35. The molecule has 4 N–H and O–H groups in total. The summed E-state index contributed by atoms with van der Waals surface area (Å²) in [5.74, 6) is 0. The Balaban J connectivity index is 0.000001000. The van der Waals surface area contributed by atoms with Crippen LogP contribution in [0.25, 0.3) is 0 Å². The standard InChI is InChI=1S/C7H9BO2.H2O/c1-6-2-4-7(5-3-6)8(9)10;/h2-5,9-10H,1H3;1H2. The zero-order valence-corrected chi connectivity index (χ0v) is 6.28. The molecule has 0 spiro atoms. The first kappa shape index (κ1) is 10.2. The third-order valence-electron chi connectivity index (χ3n) is 1.38. The predicted octanol–water partition coefficient (Wildman–Crippen LogP) is -1.15. The summed E-state index contributed by atoms with van der Waals surface area (Å²) >= 11 is 0. The SMILES string of the molecule is Cc1ccc(B(O)O)cc1.O. The third-order valence-corrected chi connectivity index (χ3v) is 1.38. The van der Waals surface area contributed by atoms with Gasteiger partial charge in [0.1, 0.15) is 0 Å². The number of hydrogen-bond acceptors (Lipinski definition) is 2. The summed E-state index contributed by atoms with van der Waals surface area (Å²) in [5.41, 5.74) is 1.65. The van der Waals surface area contributed by atoms with Crippen molar-refractivity contribution in [2.45, 2.75) is 6.92 Å². The summed E-state index contributed by atoms with van der Waals surface area (Å²) in [6.45, 7) is 1.95. The van der Waals surface area contributed by atoms with Crippen molar-refractivity contribution >= 4 is 12.6 Å². The molecule has 0 unspecified atom stereocenters. The van der Waals surface area contributed by atoms with Gasteiger partial charge in [-0.2, -0.15) is 0 Å². The van der Waals surface area contributed by atoms with Crippen molar-refractivity contribution in [1.29, 1.82) is 0 Å². The van der Waals surface area contributed by atoms with Gasteiger partial charge in [0.15, 0.2) is 0 Å². The average Bonchev–Trinajstić information content (AvgIpc) is 1.88. The Bertz CT molecular complexity index is 207. The van der Waals surface area contributed by atoms with E-state index in [1.807, 2.05) is 19.1 Å². The highest BCUT2D eigenvalue weighted by molar-refractivity contribution is 6.58. The van der Waals surface area contributed by atoms with Crippen molar-refractivity contribution in [1.82, 2.24) is 0 Å². The van der Waals surface area contributed by atoms with E-state index in [9.17, 15) is 0 Å². The van der Waals surface area contributed by atoms with Gasteiger partial charge in [-0.3, -0.25) is 0 Å². The summed E-state index contributed by atoms with van der Waals surface area (Å²) in [6.07, 6.45) is 0. The molecule has 0 saturated carbocycles. The largest absolute Gasteiger partial charge is 0.488 e. The highest BCUT2D eigenvalue weighted by Gasteiger charge is 2.08. The van der Waals surface area contributed by atoms with Crippen LogP contribution in [0, 0.1) is 6.92 Å². The fourth-order valence-corrected chi connectivity index (χ4v) is 0.739. The van der Waals surface area contributed by atoms with E-state index in [4.69, 9.17) is 10.0 Å². The molecule has 3 nitrogen and oxygen atoms in total. The van der Waals surface area contributed by atoms with Crippen LogP contribution in [0.1, 0.15) is 5.56 Å². The maximum atomic E-state index is 8.67. The van der Waals surface area contributed by atoms with E-state index >= 15 is 0 Å². The van der Waals surface area contributed by atoms with Gasteiger partial charge in [-0.15, -0.1) is 0 Å². The van der Waals surface area contributed by atoms with Crippen LogP contribution >= 0.6 is 0 Å². The molecule has 0 saturated heterocycles. The molecule has 0 aliphatic carbocycles. The lowest BCUT2D eigenvalue weighted by atomic mass is 9.80. The fraction of sp³-hybridized carbons (Fsp3) is 0.143. The molecule has 0 amide bonds. The van der Waals surface area contributed by atoms with Gasteiger partial charge in [-0.1, -0.05) is 29.8 Å². The van der Waals surface area contributed by atoms with Gasteiger partial charge in [-0.25, -0.2) is 0 Å². The molecule has 0 atom stereocenters. The zero-order valence-electron chi connectivity index (χ0n) is 6.28. The minimum absolute atomic E-state index is 0. The second-order valence-electron chi connectivity index (χ2n) is 2.28. The van der Waals surface area contributed by atoms with Gasteiger partial charge >= 0.3 is 7.12 Å². The van der Waals surface area contributed by atoms with Crippen molar-refractivity contribution in [2.24, 2.45) is 0 Å². The molecule has 60 valence electrons. The van der Waals surface area contributed by atoms with Gasteiger partial charge in [-0.05, 0) is 12.4 Å². The fourth-order valence-electron chi connectivity index (χ4n) is 0.739. The van der Waals surface area contributed by atoms with E-state index in [1.165, 1.54) is 0 Å². The quantitative estimate of drug-likeness (QED) is 0.501. The summed E-state index contributed by atoms with van der Waals surface area (Å²) in [6, 6.07) is 7.07. The molecule has 0 aliphatic heterocycles. The molecule has 0 fully saturated rings. The van der Waals surface area contributed by atoms with Gasteiger partial charge in [0.25, 0.3) is 0 Å². The van der Waals surface area contributed by atoms with E-state index in [0.717, 1.165) is 5.56 Å². The molecular formula is C7H11BO3. The number of benzene rings is 1. The van der Waals surface area contributed by atoms with E-state index < -0.39 is 7.12 Å². The van der Waals surface area contributed by atoms with Gasteiger partial charge in [0.2, 0.25) is 0 Å². The monoisotopic (exact) mass is 154 g/mol. The van der Waals surface area contributed by atoms with Crippen molar-refractivity contribution in [2.75, 3.05) is 0 Å². The molecule has 11 heavy (non-hydrogen) atoms. The van der Waals surface area contributed by atoms with Crippen LogP contribution < -0.4 is 5.46 Å². The Morgan fingerprint density at radius 2 is 1.55 bits per heavy atom. The molecule has 4 heteroatoms. The first-order valence-electron chi connectivity index (χ1n) is 3.13. The lowest BCUT2D eigenvalue weighted by Crippen LogP contribution is -2.29. The molecule has 1 rings (SSSR count). The first-order chi connectivity index (χ1) is 4.70. The third kappa shape index (κ3) is 2.71. The molecule has 1 aromatic carbocycles. The maximum absolute atomic E-state index is 8.67. The Morgan fingerprint density at radius 3 is 1.91 bits per heavy atom. The normalized spacial score (nSPS) is 8.64. The van der Waals surface area contributed by atoms with Crippen molar-refractivity contribution < 1.29 is 15.5 Å². The number of hydrogen-bond donors (Lipinski definition) is 2. The zero-order chi connectivity index (χ0) is 7.56. The van der Waals surface area contributed by atoms with Crippen LogP contribution in [-0.4, -0.2) is 22.6 Å². The summed E-state index contributed by atoms with van der Waals surface area (Å²) in [5, 5.41) is 17.3. The van der Waals surface area contributed by atoms with Gasteiger partial charge in [0.05, 0.1) is 0 Å². The molecule has 1 aromatic rings. The van der Waals surface area contributed by atoms with E-state index in [2.05, 4.69) is 0 Å². The highest BCUT2D eigenvalue weighted by Crippen LogP contribution is 1.92. The van der Waals surface area contributed by atoms with E-state index in [1.54, 1.807) is 12.1 Å². The van der Waals surface area contributed by atoms with Crippen LogP contribution in [0.2, 0.25) is 0 Å². The second-order valence-corrected chi connectivity index (χ2v) is 2.28. The number of aryl methyl sites for hydroxylation is 1. The lowest BCUT2D eigenvalue weighted by Gasteiger charge is -1.97. The van der Waals surface area contributed by atoms with Crippen LogP contribution in [0.4, 0.5) is 0 Å². The smallest absolute Gasteiger partial charge is 0.423 e. The predicted molar refractivity (Wildman–Crippen MR) is 44.6 cm³/mol. The van der Waals surface area contributed by atoms with E-state index in [0.29, 0.717) is 5.46 Å². The molecular weight excluding hydrogens is 143 g/mol. The average molecular weight is 154 g/mol. The second kappa shape index (κ2) is 4.13. The minimum atomic E-state index is -1.35. The van der Waals surface area contributed by atoms with Crippen LogP contribution in [0.3, 0.4) is 0 Å². The maximum Gasteiger partial charge on any atom is 0.488 e. The van der Waals surface area contributed by atoms with Crippen LogP contribution in [0.15, 0.2) is 24.3 Å². The van der Waals surface area contributed by atoms with Crippen molar-refractivity contribution in [3.8, 4) is 0 Å². The van der Waals surface area contributed by atoms with Crippen molar-refractivity contribution in [3.05, 3.63) is 29.8 Å². The lowest BCUT2D eigenvalue weighted by molar-refractivity contribution is 0.426. The Labute approximate surface area is 65.8 Å². The Kier molecular flexibility index (Phi) is 3.82. The Morgan fingerprint density at radius 1 is 1.09 bits per heavy atom. The summed E-state index contributed by atoms with van der Waals surface area (Å²) < 4.78 is 0. The van der Waals surface area contributed by atoms with Crippen LogP contribution in [-0.2, 0) is 0 Å². The Hall–Kier alpha value is -0.835. The summed E-state index contributed by atoms with van der Waals surface area (Å²) in [4.78, 5) is 0. The van der Waals surface area contributed by atoms with Gasteiger partial charge < -0.3 is 15.5 Å². The molecule has 0 radical (unpaired) electrons. The van der Waals surface area contributed by atoms with Gasteiger partial charge in [0, 0.05) is 0 Å².